The van der Waals surface area contributed by atoms with Crippen LogP contribution in [-0.2, 0) is 6.18 Å². The average molecular weight is 433 g/mol. The van der Waals surface area contributed by atoms with Gasteiger partial charge in [0, 0.05) is 23.4 Å². The Labute approximate surface area is 172 Å². The van der Waals surface area contributed by atoms with Gasteiger partial charge in [-0.05, 0) is 48.9 Å². The first kappa shape index (κ1) is 21.6. The van der Waals surface area contributed by atoms with Gasteiger partial charge < -0.3 is 15.1 Å². The molecule has 0 saturated carbocycles. The van der Waals surface area contributed by atoms with E-state index in [-0.39, 0.29) is 28.3 Å². The summed E-state index contributed by atoms with van der Waals surface area (Å²) in [5, 5.41) is 15.3. The Bertz CT molecular complexity index is 1160. The summed E-state index contributed by atoms with van der Waals surface area (Å²) in [5.41, 5.74) is -1.92. The highest BCUT2D eigenvalue weighted by atomic mass is 19.4. The lowest BCUT2D eigenvalue weighted by atomic mass is 10.1. The number of furan rings is 1. The Morgan fingerprint density at radius 3 is 2.35 bits per heavy atom. The summed E-state index contributed by atoms with van der Waals surface area (Å²) < 4.78 is 45.6. The number of hydrogen-bond donors (Lipinski definition) is 2. The van der Waals surface area contributed by atoms with Crippen LogP contribution in [0.25, 0.3) is 0 Å². The number of nitro groups is 1. The summed E-state index contributed by atoms with van der Waals surface area (Å²) >= 11 is 0. The largest absolute Gasteiger partial charge is 0.459 e. The highest BCUT2D eigenvalue weighted by Crippen LogP contribution is 2.37. The zero-order valence-corrected chi connectivity index (χ0v) is 15.8. The molecule has 1 heterocycles. The van der Waals surface area contributed by atoms with Crippen molar-refractivity contribution in [3.8, 4) is 0 Å². The summed E-state index contributed by atoms with van der Waals surface area (Å²) in [7, 11) is 0. The quantitative estimate of drug-likeness (QED) is 0.433. The van der Waals surface area contributed by atoms with Crippen LogP contribution in [0.4, 0.5) is 30.2 Å². The standard InChI is InChI=1S/C20H14F3N3O5/c1-11-9-13(26(29)30)5-6-14(11)18(27)25-16-7-4-12(10-15(16)20(21,22)23)24-19(28)17-3-2-8-31-17/h2-10H,1H3,(H,24,28)(H,25,27). The third-order valence-electron chi connectivity index (χ3n) is 4.24. The number of anilines is 2. The minimum absolute atomic E-state index is 0.0195. The fourth-order valence-electron chi connectivity index (χ4n) is 2.77. The molecule has 0 fully saturated rings. The summed E-state index contributed by atoms with van der Waals surface area (Å²) in [4.78, 5) is 34.6. The van der Waals surface area contributed by atoms with Crippen LogP contribution in [0.15, 0.2) is 59.2 Å². The number of nitrogens with one attached hydrogen (secondary N) is 2. The van der Waals surface area contributed by atoms with Gasteiger partial charge in [0.1, 0.15) is 0 Å². The Balaban J connectivity index is 1.87. The first-order valence-electron chi connectivity index (χ1n) is 8.69. The van der Waals surface area contributed by atoms with E-state index in [4.69, 9.17) is 4.42 Å². The molecule has 0 atom stereocenters. The molecular weight excluding hydrogens is 419 g/mol. The van der Waals surface area contributed by atoms with Gasteiger partial charge in [-0.25, -0.2) is 0 Å². The third kappa shape index (κ3) is 4.89. The highest BCUT2D eigenvalue weighted by molar-refractivity contribution is 6.06. The van der Waals surface area contributed by atoms with E-state index < -0.39 is 34.2 Å². The molecule has 0 unspecified atom stereocenters. The molecule has 0 spiro atoms. The maximum Gasteiger partial charge on any atom is 0.418 e. The van der Waals surface area contributed by atoms with E-state index in [0.717, 1.165) is 24.3 Å². The lowest BCUT2D eigenvalue weighted by Crippen LogP contribution is -2.18. The number of amides is 2. The molecule has 2 amide bonds. The molecule has 0 saturated heterocycles. The van der Waals surface area contributed by atoms with Gasteiger partial charge in [0.15, 0.2) is 5.76 Å². The highest BCUT2D eigenvalue weighted by Gasteiger charge is 2.34. The van der Waals surface area contributed by atoms with E-state index in [1.807, 2.05) is 0 Å². The van der Waals surface area contributed by atoms with Crippen LogP contribution in [-0.4, -0.2) is 16.7 Å². The van der Waals surface area contributed by atoms with E-state index in [1.54, 1.807) is 0 Å². The summed E-state index contributed by atoms with van der Waals surface area (Å²) in [6.07, 6.45) is -3.59. The number of hydrogen-bond acceptors (Lipinski definition) is 5. The van der Waals surface area contributed by atoms with Crippen molar-refractivity contribution in [3.05, 3.63) is 87.4 Å². The van der Waals surface area contributed by atoms with Crippen LogP contribution in [0.3, 0.4) is 0 Å². The number of carbonyl (C=O) groups excluding carboxylic acids is 2. The van der Waals surface area contributed by atoms with E-state index in [2.05, 4.69) is 10.6 Å². The Morgan fingerprint density at radius 2 is 1.77 bits per heavy atom. The molecule has 3 aromatic rings. The smallest absolute Gasteiger partial charge is 0.418 e. The third-order valence-corrected chi connectivity index (χ3v) is 4.24. The fourth-order valence-corrected chi connectivity index (χ4v) is 2.77. The molecule has 2 N–H and O–H groups in total. The van der Waals surface area contributed by atoms with Crippen LogP contribution in [0, 0.1) is 17.0 Å². The second-order valence-corrected chi connectivity index (χ2v) is 6.40. The van der Waals surface area contributed by atoms with Gasteiger partial charge >= 0.3 is 6.18 Å². The maximum absolute atomic E-state index is 13.6. The molecule has 31 heavy (non-hydrogen) atoms. The molecular formula is C20H14F3N3O5. The van der Waals surface area contributed by atoms with E-state index in [1.165, 1.54) is 31.4 Å². The number of aryl methyl sites for hydroxylation is 1. The number of non-ortho nitro benzene ring substituents is 1. The molecule has 2 aromatic carbocycles. The molecule has 1 aromatic heterocycles. The van der Waals surface area contributed by atoms with Gasteiger partial charge in [-0.3, -0.25) is 19.7 Å². The maximum atomic E-state index is 13.6. The van der Waals surface area contributed by atoms with Crippen molar-refractivity contribution in [1.29, 1.82) is 0 Å². The second-order valence-electron chi connectivity index (χ2n) is 6.40. The fraction of sp³-hybridized carbons (Fsp3) is 0.100. The summed E-state index contributed by atoms with van der Waals surface area (Å²) in [6, 6.07) is 9.06. The molecule has 0 aliphatic carbocycles. The topological polar surface area (TPSA) is 114 Å². The number of halogens is 3. The van der Waals surface area contributed by atoms with Crippen LogP contribution in [0.2, 0.25) is 0 Å². The average Bonchev–Trinajstić information content (AvgIpc) is 3.23. The zero-order chi connectivity index (χ0) is 22.8. The van der Waals surface area contributed by atoms with E-state index >= 15 is 0 Å². The predicted octanol–water partition coefficient (Wildman–Crippen LogP) is 5.02. The van der Waals surface area contributed by atoms with Gasteiger partial charge in [-0.15, -0.1) is 0 Å². The zero-order valence-electron chi connectivity index (χ0n) is 15.8. The van der Waals surface area contributed by atoms with Crippen molar-refractivity contribution in [2.45, 2.75) is 13.1 Å². The van der Waals surface area contributed by atoms with Crippen LogP contribution in [0.5, 0.6) is 0 Å². The summed E-state index contributed by atoms with van der Waals surface area (Å²) in [6.45, 7) is 1.43. The van der Waals surface area contributed by atoms with E-state index in [9.17, 15) is 32.9 Å². The number of nitrogens with zero attached hydrogens (tertiary/aromatic N) is 1. The minimum atomic E-state index is -4.83. The molecule has 0 bridgehead atoms. The van der Waals surface area contributed by atoms with Gasteiger partial charge in [0.25, 0.3) is 17.5 Å². The number of benzene rings is 2. The number of carbonyl (C=O) groups is 2. The number of rotatable bonds is 5. The molecule has 3 rings (SSSR count). The molecule has 160 valence electrons. The van der Waals surface area contributed by atoms with E-state index in [0.29, 0.717) is 6.07 Å². The van der Waals surface area contributed by atoms with Gasteiger partial charge in [0.2, 0.25) is 0 Å². The van der Waals surface area contributed by atoms with Gasteiger partial charge in [0.05, 0.1) is 22.4 Å². The number of alkyl halides is 3. The molecule has 0 aliphatic heterocycles. The Hall–Kier alpha value is -4.15. The predicted molar refractivity (Wildman–Crippen MR) is 104 cm³/mol. The van der Waals surface area contributed by atoms with Crippen molar-refractivity contribution in [2.75, 3.05) is 10.6 Å². The lowest BCUT2D eigenvalue weighted by Gasteiger charge is -2.16. The van der Waals surface area contributed by atoms with Crippen LogP contribution in [0.1, 0.15) is 32.0 Å². The normalized spacial score (nSPS) is 11.1. The van der Waals surface area contributed by atoms with Crippen LogP contribution >= 0.6 is 0 Å². The van der Waals surface area contributed by atoms with Crippen molar-refractivity contribution in [1.82, 2.24) is 0 Å². The first-order valence-corrected chi connectivity index (χ1v) is 8.69. The van der Waals surface area contributed by atoms with Crippen molar-refractivity contribution < 1.29 is 32.1 Å². The van der Waals surface area contributed by atoms with Crippen molar-refractivity contribution in [2.24, 2.45) is 0 Å². The summed E-state index contributed by atoms with van der Waals surface area (Å²) in [5.74, 6) is -1.69. The Kier molecular flexibility index (Phi) is 5.77. The SMILES string of the molecule is Cc1cc([N+](=O)[O-])ccc1C(=O)Nc1ccc(NC(=O)c2ccco2)cc1C(F)(F)F. The molecule has 8 nitrogen and oxygen atoms in total. The van der Waals surface area contributed by atoms with Crippen LogP contribution < -0.4 is 10.6 Å². The van der Waals surface area contributed by atoms with Gasteiger partial charge in [-0.2, -0.15) is 13.2 Å². The minimum Gasteiger partial charge on any atom is -0.459 e. The van der Waals surface area contributed by atoms with Crippen molar-refractivity contribution in [3.63, 3.8) is 0 Å². The molecule has 0 radical (unpaired) electrons. The Morgan fingerprint density at radius 1 is 1.03 bits per heavy atom. The van der Waals surface area contributed by atoms with Crippen molar-refractivity contribution >= 4 is 28.9 Å². The monoisotopic (exact) mass is 433 g/mol. The first-order chi connectivity index (χ1) is 14.6. The lowest BCUT2D eigenvalue weighted by molar-refractivity contribution is -0.384. The second kappa shape index (κ2) is 8.30. The van der Waals surface area contributed by atoms with Gasteiger partial charge in [-0.1, -0.05) is 0 Å². The molecule has 0 aliphatic rings. The molecule has 11 heteroatoms. The number of nitro benzene ring substituents is 1.